The van der Waals surface area contributed by atoms with Gasteiger partial charge in [0.1, 0.15) is 0 Å². The predicted octanol–water partition coefficient (Wildman–Crippen LogP) is 3.22. The van der Waals surface area contributed by atoms with E-state index in [1.165, 1.54) is 16.7 Å². The number of benzene rings is 1. The topological polar surface area (TPSA) is 24.7 Å². The fourth-order valence-corrected chi connectivity index (χ4v) is 2.32. The van der Waals surface area contributed by atoms with Crippen LogP contribution in [0.2, 0.25) is 0 Å². The van der Waals surface area contributed by atoms with Crippen molar-refractivity contribution in [3.05, 3.63) is 34.9 Å². The summed E-state index contributed by atoms with van der Waals surface area (Å²) in [6.45, 7) is 7.21. The molecule has 0 N–H and O–H groups in total. The van der Waals surface area contributed by atoms with E-state index >= 15 is 0 Å². The molecule has 1 aromatic carbocycles. The van der Waals surface area contributed by atoms with E-state index in [1.54, 1.807) is 11.8 Å². The number of hydrogen-bond acceptors (Lipinski definition) is 3. The zero-order valence-electron chi connectivity index (χ0n) is 9.95. The van der Waals surface area contributed by atoms with Gasteiger partial charge in [-0.15, -0.1) is 0 Å². The van der Waals surface area contributed by atoms with Crippen molar-refractivity contribution in [1.29, 1.82) is 0 Å². The molecule has 2 rings (SSSR count). The van der Waals surface area contributed by atoms with E-state index in [0.717, 1.165) is 23.2 Å². The van der Waals surface area contributed by atoms with Crippen LogP contribution < -0.4 is 0 Å². The first-order valence-electron chi connectivity index (χ1n) is 5.47. The van der Waals surface area contributed by atoms with E-state index in [9.17, 15) is 0 Å². The van der Waals surface area contributed by atoms with E-state index in [2.05, 4.69) is 42.0 Å². The molecule has 0 bridgehead atoms. The summed E-state index contributed by atoms with van der Waals surface area (Å²) >= 11 is 1.74. The van der Waals surface area contributed by atoms with E-state index in [-0.39, 0.29) is 0 Å². The summed E-state index contributed by atoms with van der Waals surface area (Å²) in [6, 6.07) is 6.46. The first-order valence-corrected chi connectivity index (χ1v) is 6.45. The molecule has 0 saturated carbocycles. The fraction of sp³-hybridized carbons (Fsp3) is 0.385. The Balaban J connectivity index is 2.26. The summed E-state index contributed by atoms with van der Waals surface area (Å²) < 4.78 is 0. The molecule has 0 amide bonds. The molecule has 16 heavy (non-hydrogen) atoms. The van der Waals surface area contributed by atoms with Gasteiger partial charge in [0, 0.05) is 11.5 Å². The lowest BCUT2D eigenvalue weighted by Gasteiger charge is -2.04. The minimum Gasteiger partial charge on any atom is -0.260 e. The van der Waals surface area contributed by atoms with Crippen LogP contribution in [0.25, 0.3) is 0 Å². The van der Waals surface area contributed by atoms with Crippen molar-refractivity contribution >= 4 is 22.6 Å². The third kappa shape index (κ3) is 2.53. The van der Waals surface area contributed by atoms with E-state index in [4.69, 9.17) is 0 Å². The molecule has 0 unspecified atom stereocenters. The molecule has 0 fully saturated rings. The third-order valence-corrected chi connectivity index (χ3v) is 3.62. The number of thioether (sulfide) groups is 1. The highest BCUT2D eigenvalue weighted by molar-refractivity contribution is 8.14. The summed E-state index contributed by atoms with van der Waals surface area (Å²) in [5, 5.41) is 0.927. The van der Waals surface area contributed by atoms with E-state index < -0.39 is 0 Å². The van der Waals surface area contributed by atoms with E-state index in [0.29, 0.717) is 0 Å². The Morgan fingerprint density at radius 2 is 2.12 bits per heavy atom. The van der Waals surface area contributed by atoms with Crippen LogP contribution >= 0.6 is 11.8 Å². The highest BCUT2D eigenvalue weighted by atomic mass is 32.2. The van der Waals surface area contributed by atoms with Crippen LogP contribution in [0.15, 0.2) is 28.2 Å². The minimum atomic E-state index is 0.906. The van der Waals surface area contributed by atoms with Gasteiger partial charge >= 0.3 is 0 Å². The molecule has 1 heterocycles. The van der Waals surface area contributed by atoms with Crippen LogP contribution in [0.3, 0.4) is 0 Å². The van der Waals surface area contributed by atoms with E-state index in [1.807, 2.05) is 6.92 Å². The maximum atomic E-state index is 4.55. The van der Waals surface area contributed by atoms with Gasteiger partial charge in [0.05, 0.1) is 6.54 Å². The van der Waals surface area contributed by atoms with Gasteiger partial charge in [-0.25, -0.2) is 4.99 Å². The molecule has 1 aromatic rings. The first-order chi connectivity index (χ1) is 7.66. The van der Waals surface area contributed by atoms with Crippen molar-refractivity contribution in [2.45, 2.75) is 20.8 Å². The third-order valence-electron chi connectivity index (χ3n) is 2.76. The zero-order chi connectivity index (χ0) is 11.5. The maximum absolute atomic E-state index is 4.55. The lowest BCUT2D eigenvalue weighted by Crippen LogP contribution is -1.99. The largest absolute Gasteiger partial charge is 0.260 e. The Morgan fingerprint density at radius 3 is 2.75 bits per heavy atom. The Hall–Kier alpha value is -1.09. The molecule has 0 aromatic heterocycles. The summed E-state index contributed by atoms with van der Waals surface area (Å²) in [5.41, 5.74) is 4.88. The smallest absolute Gasteiger partial charge is 0.183 e. The van der Waals surface area contributed by atoms with Gasteiger partial charge in [-0.3, -0.25) is 4.99 Å². The highest BCUT2D eigenvalue weighted by Crippen LogP contribution is 2.15. The Labute approximate surface area is 101 Å². The van der Waals surface area contributed by atoms with Gasteiger partial charge in [-0.05, 0) is 43.5 Å². The molecule has 3 heteroatoms. The fourth-order valence-electron chi connectivity index (χ4n) is 1.57. The molecule has 0 radical (unpaired) electrons. The second-order valence-corrected chi connectivity index (χ2v) is 5.07. The highest BCUT2D eigenvalue weighted by Gasteiger charge is 2.07. The molecule has 1 aliphatic heterocycles. The van der Waals surface area contributed by atoms with Crippen LogP contribution in [0.1, 0.15) is 23.6 Å². The van der Waals surface area contributed by atoms with Crippen molar-refractivity contribution in [1.82, 2.24) is 0 Å². The number of aliphatic imine (C=N–C) groups is 2. The minimum absolute atomic E-state index is 0.906. The standard InChI is InChI=1S/C13H16N2S/c1-9-4-5-12(8-10(9)2)11(3)15-13-14-6-7-16-13/h4-5,8H,6-7H2,1-3H3/b15-11+. The van der Waals surface area contributed by atoms with Gasteiger partial charge in [0.2, 0.25) is 0 Å². The van der Waals surface area contributed by atoms with Gasteiger partial charge in [0.25, 0.3) is 0 Å². The second kappa shape index (κ2) is 4.83. The van der Waals surface area contributed by atoms with Crippen molar-refractivity contribution in [2.75, 3.05) is 12.3 Å². The Morgan fingerprint density at radius 1 is 1.31 bits per heavy atom. The Bertz CT molecular complexity index is 461. The number of hydrogen-bond donors (Lipinski definition) is 0. The van der Waals surface area contributed by atoms with Crippen LogP contribution in [0.5, 0.6) is 0 Å². The first kappa shape index (κ1) is 11.4. The number of nitrogens with zero attached hydrogens (tertiary/aromatic N) is 2. The SMILES string of the molecule is C/C(=N\C1=NCCS1)c1ccc(C)c(C)c1. The summed E-state index contributed by atoms with van der Waals surface area (Å²) in [7, 11) is 0. The quantitative estimate of drug-likeness (QED) is 0.682. The van der Waals surface area contributed by atoms with Gasteiger partial charge in [-0.1, -0.05) is 23.9 Å². The van der Waals surface area contributed by atoms with Crippen molar-refractivity contribution in [3.8, 4) is 0 Å². The normalized spacial score (nSPS) is 16.4. The molecular weight excluding hydrogens is 216 g/mol. The lowest BCUT2D eigenvalue weighted by molar-refractivity contribution is 1.17. The summed E-state index contributed by atoms with van der Waals surface area (Å²) in [4.78, 5) is 8.88. The summed E-state index contributed by atoms with van der Waals surface area (Å²) in [5.74, 6) is 1.07. The monoisotopic (exact) mass is 232 g/mol. The molecule has 0 spiro atoms. The van der Waals surface area contributed by atoms with Crippen LogP contribution in [-0.2, 0) is 0 Å². The number of amidine groups is 1. The average Bonchev–Trinajstić information content (AvgIpc) is 2.74. The van der Waals surface area contributed by atoms with Crippen LogP contribution in [-0.4, -0.2) is 23.2 Å². The second-order valence-electron chi connectivity index (χ2n) is 4.01. The molecule has 1 aliphatic rings. The number of rotatable bonds is 1. The molecular formula is C13H16N2S. The van der Waals surface area contributed by atoms with Gasteiger partial charge in [0.15, 0.2) is 5.17 Å². The zero-order valence-corrected chi connectivity index (χ0v) is 10.8. The van der Waals surface area contributed by atoms with Crippen molar-refractivity contribution in [2.24, 2.45) is 9.98 Å². The Kier molecular flexibility index (Phi) is 3.44. The molecule has 0 aliphatic carbocycles. The molecule has 0 atom stereocenters. The van der Waals surface area contributed by atoms with Crippen LogP contribution in [0, 0.1) is 13.8 Å². The van der Waals surface area contributed by atoms with Crippen molar-refractivity contribution < 1.29 is 0 Å². The maximum Gasteiger partial charge on any atom is 0.183 e. The average molecular weight is 232 g/mol. The van der Waals surface area contributed by atoms with Crippen molar-refractivity contribution in [3.63, 3.8) is 0 Å². The number of aryl methyl sites for hydroxylation is 2. The molecule has 2 nitrogen and oxygen atoms in total. The molecule has 0 saturated heterocycles. The van der Waals surface area contributed by atoms with Crippen LogP contribution in [0.4, 0.5) is 0 Å². The summed E-state index contributed by atoms with van der Waals surface area (Å²) in [6.07, 6.45) is 0. The molecule has 84 valence electrons. The predicted molar refractivity (Wildman–Crippen MR) is 72.9 cm³/mol. The lowest BCUT2D eigenvalue weighted by atomic mass is 10.0. The van der Waals surface area contributed by atoms with Gasteiger partial charge < -0.3 is 0 Å². The van der Waals surface area contributed by atoms with Gasteiger partial charge in [-0.2, -0.15) is 0 Å².